The van der Waals surface area contributed by atoms with Gasteiger partial charge in [0.2, 0.25) is 0 Å². The highest BCUT2D eigenvalue weighted by atomic mass is 35.5. The molecule has 10 heteroatoms. The van der Waals surface area contributed by atoms with Crippen LogP contribution < -0.4 is 19.6 Å². The number of carboxylic acid groups (broad SMARTS) is 1. The summed E-state index contributed by atoms with van der Waals surface area (Å²) in [6.45, 7) is 3.20. The average molecular weight is 513 g/mol. The lowest BCUT2D eigenvalue weighted by molar-refractivity contribution is -0.140. The highest BCUT2D eigenvalue weighted by Crippen LogP contribution is 2.31. The van der Waals surface area contributed by atoms with Gasteiger partial charge < -0.3 is 14.6 Å². The van der Waals surface area contributed by atoms with E-state index in [-0.39, 0.29) is 12.2 Å². The fourth-order valence-electron chi connectivity index (χ4n) is 3.71. The molecule has 0 bridgehead atoms. The summed E-state index contributed by atoms with van der Waals surface area (Å²) in [6, 6.07) is 13.0. The van der Waals surface area contributed by atoms with Crippen molar-refractivity contribution in [2.75, 3.05) is 13.2 Å². The highest BCUT2D eigenvalue weighted by molar-refractivity contribution is 7.07. The minimum atomic E-state index is -1.07. The van der Waals surface area contributed by atoms with Crippen LogP contribution in [0.2, 0.25) is 5.02 Å². The number of carboxylic acids is 1. The van der Waals surface area contributed by atoms with Crippen LogP contribution >= 0.6 is 22.9 Å². The summed E-state index contributed by atoms with van der Waals surface area (Å²) in [6.07, 6.45) is 1.72. The molecule has 0 fully saturated rings. The SMILES string of the molecule is CCOC(=O)C1=C(C)N=c2sc(=Cc3ccc(OCC(=O)O)cc3)c(=O)n2[C@@H]1c1ccc(Cl)cc1. The van der Waals surface area contributed by atoms with Gasteiger partial charge in [-0.2, -0.15) is 0 Å². The number of ether oxygens (including phenoxy) is 2. The third-order valence-corrected chi connectivity index (χ3v) is 6.48. The van der Waals surface area contributed by atoms with Crippen LogP contribution in [0.4, 0.5) is 0 Å². The quantitative estimate of drug-likeness (QED) is 0.488. The van der Waals surface area contributed by atoms with E-state index in [0.29, 0.717) is 36.9 Å². The van der Waals surface area contributed by atoms with Gasteiger partial charge in [-0.05, 0) is 55.3 Å². The second kappa shape index (κ2) is 10.3. The fraction of sp³-hybridized carbons (Fsp3) is 0.200. The monoisotopic (exact) mass is 512 g/mol. The first kappa shape index (κ1) is 24.4. The summed E-state index contributed by atoms with van der Waals surface area (Å²) in [5, 5.41) is 9.28. The van der Waals surface area contributed by atoms with Gasteiger partial charge in [0.05, 0.1) is 28.5 Å². The van der Waals surface area contributed by atoms with E-state index >= 15 is 0 Å². The minimum Gasteiger partial charge on any atom is -0.482 e. The largest absolute Gasteiger partial charge is 0.482 e. The number of aromatic nitrogens is 1. The molecule has 2 aromatic carbocycles. The topological polar surface area (TPSA) is 107 Å². The van der Waals surface area contributed by atoms with Crippen LogP contribution in [0.25, 0.3) is 6.08 Å². The van der Waals surface area contributed by atoms with Crippen molar-refractivity contribution in [3.63, 3.8) is 0 Å². The lowest BCUT2D eigenvalue weighted by atomic mass is 9.96. The number of thiazole rings is 1. The summed E-state index contributed by atoms with van der Waals surface area (Å²) in [5.74, 6) is -1.19. The second-order valence-corrected chi connectivity index (χ2v) is 9.05. The maximum absolute atomic E-state index is 13.5. The van der Waals surface area contributed by atoms with E-state index in [4.69, 9.17) is 26.2 Å². The molecule has 0 amide bonds. The summed E-state index contributed by atoms with van der Waals surface area (Å²) in [4.78, 5) is 42.1. The smallest absolute Gasteiger partial charge is 0.341 e. The number of aliphatic carboxylic acids is 1. The summed E-state index contributed by atoms with van der Waals surface area (Å²) < 4.78 is 12.4. The van der Waals surface area contributed by atoms with Crippen LogP contribution in [-0.4, -0.2) is 34.8 Å². The minimum absolute atomic E-state index is 0.194. The van der Waals surface area contributed by atoms with Crippen LogP contribution in [0, 0.1) is 0 Å². The summed E-state index contributed by atoms with van der Waals surface area (Å²) >= 11 is 7.28. The number of benzene rings is 2. The van der Waals surface area contributed by atoms with Crippen LogP contribution in [0.3, 0.4) is 0 Å². The molecule has 0 radical (unpaired) electrons. The fourth-order valence-corrected chi connectivity index (χ4v) is 4.88. The molecular formula is C25H21ClN2O6S. The van der Waals surface area contributed by atoms with Gasteiger partial charge in [-0.15, -0.1) is 0 Å². The van der Waals surface area contributed by atoms with Crippen molar-refractivity contribution in [2.45, 2.75) is 19.9 Å². The molecule has 0 saturated carbocycles. The Hall–Kier alpha value is -3.69. The van der Waals surface area contributed by atoms with Crippen molar-refractivity contribution in [2.24, 2.45) is 4.99 Å². The number of carbonyl (C=O) groups excluding carboxylic acids is 1. The molecule has 8 nitrogen and oxygen atoms in total. The Bertz CT molecular complexity index is 1490. The van der Waals surface area contributed by atoms with Crippen LogP contribution in [0.15, 0.2) is 69.6 Å². The zero-order chi connectivity index (χ0) is 25.1. The number of esters is 1. The molecule has 4 rings (SSSR count). The van der Waals surface area contributed by atoms with Gasteiger partial charge in [-0.3, -0.25) is 9.36 Å². The van der Waals surface area contributed by atoms with Gasteiger partial charge in [0.15, 0.2) is 11.4 Å². The zero-order valence-electron chi connectivity index (χ0n) is 18.9. The predicted octanol–water partition coefficient (Wildman–Crippen LogP) is 2.92. The zero-order valence-corrected chi connectivity index (χ0v) is 20.4. The van der Waals surface area contributed by atoms with Crippen molar-refractivity contribution in [3.8, 4) is 5.75 Å². The van der Waals surface area contributed by atoms with Crippen molar-refractivity contribution in [3.05, 3.63) is 95.6 Å². The standard InChI is InChI=1S/C25H21ClN2O6S/c1-3-33-24(32)21-14(2)27-25-28(22(21)16-6-8-17(26)9-7-16)23(31)19(35-25)12-15-4-10-18(11-5-15)34-13-20(29)30/h4-12,22H,3,13H2,1-2H3,(H,29,30)/t22-/m1/s1. The number of fused-ring (bicyclic) bond motifs is 1. The highest BCUT2D eigenvalue weighted by Gasteiger charge is 2.33. The molecule has 0 saturated heterocycles. The second-order valence-electron chi connectivity index (χ2n) is 7.61. The Morgan fingerprint density at radius 1 is 1.17 bits per heavy atom. The van der Waals surface area contributed by atoms with E-state index in [1.165, 1.54) is 15.9 Å². The van der Waals surface area contributed by atoms with Crippen molar-refractivity contribution >= 4 is 41.0 Å². The Morgan fingerprint density at radius 2 is 1.86 bits per heavy atom. The van der Waals surface area contributed by atoms with Crippen LogP contribution in [-0.2, 0) is 14.3 Å². The molecule has 0 aliphatic carbocycles. The Labute approximate surface area is 209 Å². The molecule has 0 unspecified atom stereocenters. The number of hydrogen-bond donors (Lipinski definition) is 1. The van der Waals surface area contributed by atoms with E-state index in [9.17, 15) is 14.4 Å². The van der Waals surface area contributed by atoms with E-state index < -0.39 is 24.6 Å². The maximum Gasteiger partial charge on any atom is 0.341 e. The van der Waals surface area contributed by atoms with E-state index in [1.54, 1.807) is 68.5 Å². The number of nitrogens with zero attached hydrogens (tertiary/aromatic N) is 2. The molecule has 35 heavy (non-hydrogen) atoms. The lowest BCUT2D eigenvalue weighted by Crippen LogP contribution is -2.39. The first-order valence-electron chi connectivity index (χ1n) is 10.7. The van der Waals surface area contributed by atoms with Crippen LogP contribution in [0.1, 0.15) is 31.0 Å². The molecule has 0 spiro atoms. The number of rotatable bonds is 7. The third-order valence-electron chi connectivity index (χ3n) is 5.24. The van der Waals surface area contributed by atoms with Gasteiger partial charge >= 0.3 is 11.9 Å². The molecule has 180 valence electrons. The first-order valence-corrected chi connectivity index (χ1v) is 11.9. The molecule has 1 N–H and O–H groups in total. The summed E-state index contributed by atoms with van der Waals surface area (Å²) in [7, 11) is 0. The molecule has 1 aliphatic heterocycles. The Balaban J connectivity index is 1.81. The molecular weight excluding hydrogens is 492 g/mol. The molecule has 1 aliphatic rings. The van der Waals surface area contributed by atoms with Gasteiger partial charge in [-0.1, -0.05) is 47.2 Å². The summed E-state index contributed by atoms with van der Waals surface area (Å²) in [5.41, 5.74) is 1.92. The molecule has 1 aromatic heterocycles. The number of hydrogen-bond acceptors (Lipinski definition) is 7. The van der Waals surface area contributed by atoms with Crippen molar-refractivity contribution < 1.29 is 24.2 Å². The normalized spacial score (nSPS) is 15.4. The lowest BCUT2D eigenvalue weighted by Gasteiger charge is -2.24. The first-order chi connectivity index (χ1) is 16.8. The van der Waals surface area contributed by atoms with E-state index in [0.717, 1.165) is 5.56 Å². The van der Waals surface area contributed by atoms with Gasteiger partial charge in [0.1, 0.15) is 5.75 Å². The molecule has 2 heterocycles. The van der Waals surface area contributed by atoms with Gasteiger partial charge in [-0.25, -0.2) is 14.6 Å². The number of halogens is 1. The molecule has 3 aromatic rings. The van der Waals surface area contributed by atoms with Crippen molar-refractivity contribution in [1.29, 1.82) is 0 Å². The third kappa shape index (κ3) is 5.21. The van der Waals surface area contributed by atoms with Gasteiger partial charge in [0.25, 0.3) is 5.56 Å². The number of carbonyl (C=O) groups is 2. The molecule has 1 atom stereocenters. The van der Waals surface area contributed by atoms with Crippen molar-refractivity contribution in [1.82, 2.24) is 4.57 Å². The number of allylic oxidation sites excluding steroid dienone is 1. The predicted molar refractivity (Wildman–Crippen MR) is 131 cm³/mol. The Morgan fingerprint density at radius 3 is 2.49 bits per heavy atom. The van der Waals surface area contributed by atoms with Gasteiger partial charge in [0, 0.05) is 5.02 Å². The average Bonchev–Trinajstić information content (AvgIpc) is 3.12. The van der Waals surface area contributed by atoms with Crippen LogP contribution in [0.5, 0.6) is 5.75 Å². The Kier molecular flexibility index (Phi) is 7.18. The maximum atomic E-state index is 13.5. The van der Waals surface area contributed by atoms with E-state index in [2.05, 4.69) is 4.99 Å². The van der Waals surface area contributed by atoms with E-state index in [1.807, 2.05) is 0 Å².